The average Bonchev–Trinajstić information content (AvgIpc) is 3.26. The second kappa shape index (κ2) is 9.22. The normalized spacial score (nSPS) is 14.8. The summed E-state index contributed by atoms with van der Waals surface area (Å²) in [5.74, 6) is -0.209. The number of amides is 1. The molecule has 0 spiro atoms. The van der Waals surface area contributed by atoms with E-state index in [1.807, 2.05) is 30.3 Å². The predicted molar refractivity (Wildman–Crippen MR) is 129 cm³/mol. The maximum absolute atomic E-state index is 13.9. The zero-order chi connectivity index (χ0) is 21.9. The lowest BCUT2D eigenvalue weighted by Crippen LogP contribution is -2.48. The van der Waals surface area contributed by atoms with Crippen molar-refractivity contribution in [3.63, 3.8) is 0 Å². The van der Waals surface area contributed by atoms with Crippen LogP contribution in [0.4, 0.5) is 9.52 Å². The smallest absolute Gasteiger partial charge is 0.224 e. The maximum Gasteiger partial charge on any atom is 0.224 e. The van der Waals surface area contributed by atoms with Crippen LogP contribution in [0.1, 0.15) is 5.56 Å². The molecule has 1 fully saturated rings. The van der Waals surface area contributed by atoms with Crippen LogP contribution in [0, 0.1) is 5.82 Å². The summed E-state index contributed by atoms with van der Waals surface area (Å²) >= 11 is 1.54. The topological polar surface area (TPSA) is 48.5 Å². The van der Waals surface area contributed by atoms with Crippen molar-refractivity contribution in [2.75, 3.05) is 44.2 Å². The molecule has 0 atom stereocenters. The number of anilines is 1. The van der Waals surface area contributed by atoms with Gasteiger partial charge in [-0.15, -0.1) is 0 Å². The van der Waals surface area contributed by atoms with Crippen LogP contribution >= 0.6 is 11.3 Å². The third kappa shape index (κ3) is 4.45. The van der Waals surface area contributed by atoms with Gasteiger partial charge in [0.2, 0.25) is 5.91 Å². The standard InChI is InChI=1S/C25H25FN4OS/c26-21-9-4-10-22-24(21)28-25(32-22)30-15-13-29(14-16-30)12-11-27-23(31)17-19-7-3-6-18-5-1-2-8-20(18)19/h1-10H,11-17H2,(H,27,31). The van der Waals surface area contributed by atoms with Gasteiger partial charge < -0.3 is 10.2 Å². The van der Waals surface area contributed by atoms with Crippen LogP contribution in [-0.4, -0.2) is 55.1 Å². The number of carbonyl (C=O) groups is 1. The second-order valence-corrected chi connectivity index (χ2v) is 9.09. The van der Waals surface area contributed by atoms with Gasteiger partial charge in [0, 0.05) is 39.3 Å². The Morgan fingerprint density at radius 3 is 2.62 bits per heavy atom. The molecule has 1 aliphatic heterocycles. The van der Waals surface area contributed by atoms with E-state index < -0.39 is 0 Å². The number of halogens is 1. The molecule has 5 rings (SSSR count). The quantitative estimate of drug-likeness (QED) is 0.483. The summed E-state index contributed by atoms with van der Waals surface area (Å²) in [5, 5.41) is 6.24. The molecule has 1 aromatic heterocycles. The number of para-hydroxylation sites is 1. The highest BCUT2D eigenvalue weighted by atomic mass is 32.1. The van der Waals surface area contributed by atoms with Gasteiger partial charge >= 0.3 is 0 Å². The number of hydrogen-bond acceptors (Lipinski definition) is 5. The van der Waals surface area contributed by atoms with Crippen molar-refractivity contribution in [2.24, 2.45) is 0 Å². The van der Waals surface area contributed by atoms with E-state index in [0.717, 1.165) is 58.9 Å². The number of aromatic nitrogens is 1. The predicted octanol–water partition coefficient (Wildman–Crippen LogP) is 4.07. The summed E-state index contributed by atoms with van der Waals surface area (Å²) in [5.41, 5.74) is 1.52. The maximum atomic E-state index is 13.9. The summed E-state index contributed by atoms with van der Waals surface area (Å²) in [6.45, 7) is 4.96. The lowest BCUT2D eigenvalue weighted by Gasteiger charge is -2.34. The van der Waals surface area contributed by atoms with Gasteiger partial charge in [-0.1, -0.05) is 59.9 Å². The van der Waals surface area contributed by atoms with E-state index in [2.05, 4.69) is 38.3 Å². The van der Waals surface area contributed by atoms with Crippen molar-refractivity contribution in [1.82, 2.24) is 15.2 Å². The lowest BCUT2D eigenvalue weighted by atomic mass is 10.0. The fourth-order valence-corrected chi connectivity index (χ4v) is 5.27. The van der Waals surface area contributed by atoms with Crippen molar-refractivity contribution >= 4 is 43.4 Å². The Labute approximate surface area is 190 Å². The number of nitrogens with one attached hydrogen (secondary N) is 1. The van der Waals surface area contributed by atoms with Crippen molar-refractivity contribution in [1.29, 1.82) is 0 Å². The van der Waals surface area contributed by atoms with E-state index in [0.29, 0.717) is 18.5 Å². The first-order chi connectivity index (χ1) is 15.7. The van der Waals surface area contributed by atoms with E-state index in [1.54, 1.807) is 17.4 Å². The molecule has 0 radical (unpaired) electrons. The highest BCUT2D eigenvalue weighted by Crippen LogP contribution is 2.30. The molecule has 0 saturated carbocycles. The molecule has 7 heteroatoms. The van der Waals surface area contributed by atoms with Crippen LogP contribution in [0.2, 0.25) is 0 Å². The van der Waals surface area contributed by atoms with Crippen molar-refractivity contribution in [3.8, 4) is 0 Å². The van der Waals surface area contributed by atoms with Gasteiger partial charge in [0.25, 0.3) is 0 Å². The van der Waals surface area contributed by atoms with Gasteiger partial charge in [0.15, 0.2) is 5.13 Å². The third-order valence-corrected chi connectivity index (χ3v) is 7.06. The molecule has 0 aliphatic carbocycles. The van der Waals surface area contributed by atoms with Gasteiger partial charge in [-0.05, 0) is 28.5 Å². The van der Waals surface area contributed by atoms with E-state index in [9.17, 15) is 9.18 Å². The van der Waals surface area contributed by atoms with Crippen molar-refractivity contribution in [2.45, 2.75) is 6.42 Å². The van der Waals surface area contributed by atoms with Gasteiger partial charge in [0.05, 0.1) is 11.1 Å². The molecule has 3 aromatic carbocycles. The number of hydrogen-bond donors (Lipinski definition) is 1. The molecule has 1 N–H and O–H groups in total. The van der Waals surface area contributed by atoms with E-state index in [4.69, 9.17) is 0 Å². The van der Waals surface area contributed by atoms with Gasteiger partial charge in [-0.25, -0.2) is 9.37 Å². The van der Waals surface area contributed by atoms with Crippen LogP contribution in [0.15, 0.2) is 60.7 Å². The van der Waals surface area contributed by atoms with Crippen LogP contribution in [-0.2, 0) is 11.2 Å². The number of thiazole rings is 1. The molecule has 2 heterocycles. The summed E-state index contributed by atoms with van der Waals surface area (Å²) in [4.78, 5) is 21.5. The summed E-state index contributed by atoms with van der Waals surface area (Å²) < 4.78 is 14.8. The monoisotopic (exact) mass is 448 g/mol. The molecule has 1 saturated heterocycles. The molecular weight excluding hydrogens is 423 g/mol. The molecule has 5 nitrogen and oxygen atoms in total. The second-order valence-electron chi connectivity index (χ2n) is 8.08. The molecule has 0 unspecified atom stereocenters. The molecule has 32 heavy (non-hydrogen) atoms. The Morgan fingerprint density at radius 2 is 1.78 bits per heavy atom. The van der Waals surface area contributed by atoms with Crippen LogP contribution in [0.3, 0.4) is 0 Å². The molecule has 164 valence electrons. The van der Waals surface area contributed by atoms with Crippen LogP contribution < -0.4 is 10.2 Å². The first kappa shape index (κ1) is 20.8. The van der Waals surface area contributed by atoms with E-state index in [1.165, 1.54) is 6.07 Å². The average molecular weight is 449 g/mol. The number of rotatable bonds is 6. The van der Waals surface area contributed by atoms with E-state index in [-0.39, 0.29) is 11.7 Å². The first-order valence-electron chi connectivity index (χ1n) is 10.9. The number of benzene rings is 3. The Bertz CT molecular complexity index is 1240. The minimum atomic E-state index is -0.261. The van der Waals surface area contributed by atoms with Crippen molar-refractivity contribution in [3.05, 3.63) is 72.0 Å². The Kier molecular flexibility index (Phi) is 6.01. The van der Waals surface area contributed by atoms with Crippen LogP contribution in [0.5, 0.6) is 0 Å². The first-order valence-corrected chi connectivity index (χ1v) is 11.7. The third-order valence-electron chi connectivity index (χ3n) is 5.98. The largest absolute Gasteiger partial charge is 0.355 e. The summed E-state index contributed by atoms with van der Waals surface area (Å²) in [6, 6.07) is 19.4. The summed E-state index contributed by atoms with van der Waals surface area (Å²) in [6.07, 6.45) is 0.392. The van der Waals surface area contributed by atoms with Gasteiger partial charge in [-0.3, -0.25) is 9.69 Å². The van der Waals surface area contributed by atoms with Crippen LogP contribution in [0.25, 0.3) is 21.0 Å². The number of fused-ring (bicyclic) bond motifs is 2. The fraction of sp³-hybridized carbons (Fsp3) is 0.280. The zero-order valence-corrected chi connectivity index (χ0v) is 18.6. The SMILES string of the molecule is O=C(Cc1cccc2ccccc12)NCCN1CCN(c2nc3c(F)cccc3s2)CC1. The molecule has 4 aromatic rings. The Balaban J connectivity index is 1.09. The van der Waals surface area contributed by atoms with Gasteiger partial charge in [-0.2, -0.15) is 0 Å². The number of nitrogens with zero attached hydrogens (tertiary/aromatic N) is 3. The highest BCUT2D eigenvalue weighted by Gasteiger charge is 2.20. The lowest BCUT2D eigenvalue weighted by molar-refractivity contribution is -0.120. The highest BCUT2D eigenvalue weighted by molar-refractivity contribution is 7.22. The minimum absolute atomic E-state index is 0.0523. The molecule has 1 aliphatic rings. The molecule has 1 amide bonds. The molecular formula is C25H25FN4OS. The molecule has 0 bridgehead atoms. The van der Waals surface area contributed by atoms with E-state index >= 15 is 0 Å². The Morgan fingerprint density at radius 1 is 1.00 bits per heavy atom. The van der Waals surface area contributed by atoms with Crippen molar-refractivity contribution < 1.29 is 9.18 Å². The Hall–Kier alpha value is -3.03. The number of carbonyl (C=O) groups excluding carboxylic acids is 1. The summed E-state index contributed by atoms with van der Waals surface area (Å²) in [7, 11) is 0. The number of piperazine rings is 1. The fourth-order valence-electron chi connectivity index (χ4n) is 4.24. The zero-order valence-electron chi connectivity index (χ0n) is 17.8. The minimum Gasteiger partial charge on any atom is -0.355 e. The van der Waals surface area contributed by atoms with Gasteiger partial charge in [0.1, 0.15) is 11.3 Å².